The summed E-state index contributed by atoms with van der Waals surface area (Å²) in [5, 5.41) is 5.97. The van der Waals surface area contributed by atoms with Gasteiger partial charge in [-0.1, -0.05) is 22.0 Å². The molecule has 0 bridgehead atoms. The van der Waals surface area contributed by atoms with Crippen LogP contribution in [0.25, 0.3) is 0 Å². The number of benzene rings is 2. The molecule has 2 aromatic carbocycles. The molecule has 0 aromatic heterocycles. The van der Waals surface area contributed by atoms with E-state index >= 15 is 0 Å². The molecule has 0 fully saturated rings. The van der Waals surface area contributed by atoms with E-state index in [0.29, 0.717) is 5.56 Å². The fourth-order valence-corrected chi connectivity index (χ4v) is 4.02. The molecule has 2 N–H and O–H groups in total. The first kappa shape index (κ1) is 20.4. The van der Waals surface area contributed by atoms with Crippen LogP contribution in [0.4, 0.5) is 11.4 Å². The van der Waals surface area contributed by atoms with E-state index in [1.807, 2.05) is 57.2 Å². The van der Waals surface area contributed by atoms with Gasteiger partial charge in [0.25, 0.3) is 5.91 Å². The number of fused-ring (bicyclic) bond motifs is 1. The maximum Gasteiger partial charge on any atom is 0.251 e. The third-order valence-electron chi connectivity index (χ3n) is 4.81. The number of carbonyl (C=O) groups excluding carboxylic acids is 2. The Bertz CT molecular complexity index is 895. The smallest absolute Gasteiger partial charge is 0.251 e. The van der Waals surface area contributed by atoms with Crippen molar-refractivity contribution >= 4 is 39.1 Å². The van der Waals surface area contributed by atoms with Gasteiger partial charge in [0.15, 0.2) is 0 Å². The lowest BCUT2D eigenvalue weighted by atomic mass is 9.95. The molecule has 0 atom stereocenters. The summed E-state index contributed by atoms with van der Waals surface area (Å²) in [4.78, 5) is 27.3. The average Bonchev–Trinajstić information content (AvgIpc) is 2.63. The summed E-state index contributed by atoms with van der Waals surface area (Å²) >= 11 is 3.44. The highest BCUT2D eigenvalue weighted by atomic mass is 79.9. The molecule has 2 amide bonds. The predicted octanol–water partition coefficient (Wildman–Crippen LogP) is 4.29. The Morgan fingerprint density at radius 3 is 2.71 bits per heavy atom. The maximum absolute atomic E-state index is 12.6. The highest BCUT2D eigenvalue weighted by molar-refractivity contribution is 9.10. The monoisotopic (exact) mass is 443 g/mol. The number of nitrogens with zero attached hydrogens (tertiary/aromatic N) is 1. The van der Waals surface area contributed by atoms with Crippen molar-refractivity contribution in [2.45, 2.75) is 39.7 Å². The van der Waals surface area contributed by atoms with Gasteiger partial charge in [-0.3, -0.25) is 9.59 Å². The summed E-state index contributed by atoms with van der Waals surface area (Å²) in [5.74, 6) is -0.112. The van der Waals surface area contributed by atoms with Crippen LogP contribution in [-0.4, -0.2) is 30.9 Å². The molecule has 0 saturated carbocycles. The van der Waals surface area contributed by atoms with E-state index in [1.165, 1.54) is 0 Å². The van der Waals surface area contributed by atoms with Crippen LogP contribution in [0, 0.1) is 6.92 Å². The van der Waals surface area contributed by atoms with Crippen LogP contribution in [0.3, 0.4) is 0 Å². The third kappa shape index (κ3) is 4.73. The quantitative estimate of drug-likeness (QED) is 0.724. The van der Waals surface area contributed by atoms with Crippen LogP contribution in [-0.2, 0) is 11.2 Å². The molecule has 1 aliphatic heterocycles. The van der Waals surface area contributed by atoms with E-state index in [-0.39, 0.29) is 24.4 Å². The number of nitrogens with one attached hydrogen (secondary N) is 2. The summed E-state index contributed by atoms with van der Waals surface area (Å²) in [6.45, 7) is 6.94. The molecule has 148 valence electrons. The van der Waals surface area contributed by atoms with Crippen LogP contribution in [0.1, 0.15) is 41.8 Å². The Kier molecular flexibility index (Phi) is 6.39. The predicted molar refractivity (Wildman–Crippen MR) is 117 cm³/mol. The van der Waals surface area contributed by atoms with Crippen LogP contribution in [0.15, 0.2) is 40.9 Å². The van der Waals surface area contributed by atoms with Crippen molar-refractivity contribution in [2.24, 2.45) is 0 Å². The zero-order valence-corrected chi connectivity index (χ0v) is 18.1. The third-order valence-corrected chi connectivity index (χ3v) is 5.30. The largest absolute Gasteiger partial charge is 0.362 e. The van der Waals surface area contributed by atoms with Crippen molar-refractivity contribution in [1.29, 1.82) is 0 Å². The molecule has 1 heterocycles. The number of carbonyl (C=O) groups is 2. The molecule has 1 aliphatic rings. The van der Waals surface area contributed by atoms with E-state index in [0.717, 1.165) is 46.4 Å². The Morgan fingerprint density at radius 1 is 1.21 bits per heavy atom. The van der Waals surface area contributed by atoms with E-state index < -0.39 is 0 Å². The summed E-state index contributed by atoms with van der Waals surface area (Å²) in [5.41, 5.74) is 4.54. The van der Waals surface area contributed by atoms with Gasteiger partial charge < -0.3 is 15.5 Å². The molecule has 0 unspecified atom stereocenters. The lowest BCUT2D eigenvalue weighted by Gasteiger charge is -2.32. The molecule has 0 radical (unpaired) electrons. The first-order chi connectivity index (χ1) is 13.3. The van der Waals surface area contributed by atoms with Gasteiger partial charge in [-0.25, -0.2) is 0 Å². The van der Waals surface area contributed by atoms with Crippen molar-refractivity contribution < 1.29 is 9.59 Å². The van der Waals surface area contributed by atoms with Gasteiger partial charge >= 0.3 is 0 Å². The number of amides is 2. The number of aryl methyl sites for hydroxylation is 1. The molecular weight excluding hydrogens is 418 g/mol. The Labute approximate surface area is 174 Å². The van der Waals surface area contributed by atoms with Gasteiger partial charge in [-0.2, -0.15) is 0 Å². The van der Waals surface area contributed by atoms with Gasteiger partial charge in [0.05, 0.1) is 6.54 Å². The minimum Gasteiger partial charge on any atom is -0.362 e. The molecular formula is C22H26BrN3O2. The van der Waals surface area contributed by atoms with E-state index in [1.54, 1.807) is 0 Å². The first-order valence-corrected chi connectivity index (χ1v) is 10.4. The summed E-state index contributed by atoms with van der Waals surface area (Å²) in [7, 11) is 0. The van der Waals surface area contributed by atoms with Crippen LogP contribution in [0.2, 0.25) is 0 Å². The number of halogens is 1. The average molecular weight is 444 g/mol. The fraction of sp³-hybridized carbons (Fsp3) is 0.364. The Hall–Kier alpha value is -2.34. The molecule has 2 aromatic rings. The molecule has 5 nitrogen and oxygen atoms in total. The highest BCUT2D eigenvalue weighted by Crippen LogP contribution is 2.30. The van der Waals surface area contributed by atoms with Crippen molar-refractivity contribution in [3.05, 3.63) is 57.6 Å². The van der Waals surface area contributed by atoms with E-state index in [2.05, 4.69) is 31.5 Å². The highest BCUT2D eigenvalue weighted by Gasteiger charge is 2.24. The second-order valence-corrected chi connectivity index (χ2v) is 8.38. The number of hydrogen-bond acceptors (Lipinski definition) is 3. The van der Waals surface area contributed by atoms with Crippen molar-refractivity contribution in [3.8, 4) is 0 Å². The Morgan fingerprint density at radius 2 is 2.00 bits per heavy atom. The molecule has 6 heteroatoms. The zero-order chi connectivity index (χ0) is 20.3. The maximum atomic E-state index is 12.6. The molecule has 0 spiro atoms. The Balaban J connectivity index is 1.77. The number of rotatable bonds is 5. The van der Waals surface area contributed by atoms with Crippen molar-refractivity contribution in [2.75, 3.05) is 23.3 Å². The SMILES string of the molecule is Cc1cc(Br)ccc1NC(=O)CN1CCCc2c(C(=O)NC(C)C)cccc21. The molecule has 28 heavy (non-hydrogen) atoms. The van der Waals surface area contributed by atoms with Gasteiger partial charge in [0, 0.05) is 34.0 Å². The first-order valence-electron chi connectivity index (χ1n) is 9.59. The van der Waals surface area contributed by atoms with Crippen LogP contribution in [0.5, 0.6) is 0 Å². The van der Waals surface area contributed by atoms with E-state index in [4.69, 9.17) is 0 Å². The van der Waals surface area contributed by atoms with Gasteiger partial charge in [-0.05, 0) is 75.1 Å². The zero-order valence-electron chi connectivity index (χ0n) is 16.5. The van der Waals surface area contributed by atoms with Crippen LogP contribution >= 0.6 is 15.9 Å². The molecule has 3 rings (SSSR count). The minimum absolute atomic E-state index is 0.0522. The molecule has 0 saturated heterocycles. The van der Waals surface area contributed by atoms with Gasteiger partial charge in [0.1, 0.15) is 0 Å². The number of anilines is 2. The van der Waals surface area contributed by atoms with Crippen molar-refractivity contribution in [3.63, 3.8) is 0 Å². The van der Waals surface area contributed by atoms with Gasteiger partial charge in [-0.15, -0.1) is 0 Å². The topological polar surface area (TPSA) is 61.4 Å². The second kappa shape index (κ2) is 8.78. The normalized spacial score (nSPS) is 13.2. The van der Waals surface area contributed by atoms with Crippen LogP contribution < -0.4 is 15.5 Å². The summed E-state index contributed by atoms with van der Waals surface area (Å²) < 4.78 is 0.986. The fourth-order valence-electron chi connectivity index (χ4n) is 3.55. The second-order valence-electron chi connectivity index (χ2n) is 7.46. The minimum atomic E-state index is -0.0599. The lowest BCUT2D eigenvalue weighted by molar-refractivity contribution is -0.115. The summed E-state index contributed by atoms with van der Waals surface area (Å²) in [6, 6.07) is 11.6. The molecule has 0 aliphatic carbocycles. The van der Waals surface area contributed by atoms with E-state index in [9.17, 15) is 9.59 Å². The lowest BCUT2D eigenvalue weighted by Crippen LogP contribution is -2.38. The standard InChI is InChI=1S/C22H26BrN3O2/c1-14(2)24-22(28)18-6-4-8-20-17(18)7-5-11-26(20)13-21(27)25-19-10-9-16(23)12-15(19)3/h4,6,8-10,12,14H,5,7,11,13H2,1-3H3,(H,24,28)(H,25,27). The number of hydrogen-bond donors (Lipinski definition) is 2. The van der Waals surface area contributed by atoms with Crippen molar-refractivity contribution in [1.82, 2.24) is 5.32 Å². The summed E-state index contributed by atoms with van der Waals surface area (Å²) in [6.07, 6.45) is 1.77. The van der Waals surface area contributed by atoms with Gasteiger partial charge in [0.2, 0.25) is 5.91 Å².